The molecule has 16 heavy (non-hydrogen) atoms. The molecule has 0 aliphatic carbocycles. The van der Waals surface area contributed by atoms with Crippen LogP contribution in [0.15, 0.2) is 18.5 Å². The van der Waals surface area contributed by atoms with E-state index in [9.17, 15) is 4.79 Å². The smallest absolute Gasteiger partial charge is 0.315 e. The van der Waals surface area contributed by atoms with Crippen LogP contribution in [0.1, 0.15) is 30.9 Å². The number of amides is 2. The predicted molar refractivity (Wildman–Crippen MR) is 64.1 cm³/mol. The SMILES string of the molecule is CCCCNC(=O)NCc1ccncc1C. The lowest BCUT2D eigenvalue weighted by Crippen LogP contribution is -2.35. The van der Waals surface area contributed by atoms with Gasteiger partial charge in [-0.05, 0) is 30.5 Å². The Kier molecular flexibility index (Phi) is 5.32. The van der Waals surface area contributed by atoms with Crippen molar-refractivity contribution >= 4 is 6.03 Å². The molecule has 0 unspecified atom stereocenters. The summed E-state index contributed by atoms with van der Waals surface area (Å²) in [6.07, 6.45) is 5.64. The molecule has 0 radical (unpaired) electrons. The minimum absolute atomic E-state index is 0.107. The molecule has 1 aromatic rings. The molecule has 0 bridgehead atoms. The summed E-state index contributed by atoms with van der Waals surface area (Å²) in [5, 5.41) is 5.63. The fourth-order valence-corrected chi connectivity index (χ4v) is 1.32. The number of hydrogen-bond acceptors (Lipinski definition) is 2. The van der Waals surface area contributed by atoms with Crippen LogP contribution in [0.3, 0.4) is 0 Å². The highest BCUT2D eigenvalue weighted by Crippen LogP contribution is 2.03. The molecular weight excluding hydrogens is 202 g/mol. The summed E-state index contributed by atoms with van der Waals surface area (Å²) < 4.78 is 0. The van der Waals surface area contributed by atoms with Crippen LogP contribution < -0.4 is 10.6 Å². The Balaban J connectivity index is 2.29. The van der Waals surface area contributed by atoms with E-state index in [1.807, 2.05) is 13.0 Å². The van der Waals surface area contributed by atoms with Crippen molar-refractivity contribution in [3.05, 3.63) is 29.6 Å². The van der Waals surface area contributed by atoms with Gasteiger partial charge in [-0.3, -0.25) is 4.98 Å². The summed E-state index contributed by atoms with van der Waals surface area (Å²) >= 11 is 0. The lowest BCUT2D eigenvalue weighted by molar-refractivity contribution is 0.240. The molecule has 2 amide bonds. The lowest BCUT2D eigenvalue weighted by Gasteiger charge is -2.08. The molecule has 1 heterocycles. The lowest BCUT2D eigenvalue weighted by atomic mass is 10.1. The largest absolute Gasteiger partial charge is 0.338 e. The number of nitrogens with zero attached hydrogens (tertiary/aromatic N) is 1. The average Bonchev–Trinajstić information content (AvgIpc) is 2.28. The van der Waals surface area contributed by atoms with Gasteiger partial charge in [0.1, 0.15) is 0 Å². The number of aromatic nitrogens is 1. The van der Waals surface area contributed by atoms with Gasteiger partial charge in [-0.1, -0.05) is 13.3 Å². The number of rotatable bonds is 5. The topological polar surface area (TPSA) is 54.0 Å². The molecule has 0 aliphatic heterocycles. The van der Waals surface area contributed by atoms with Gasteiger partial charge in [0.05, 0.1) is 0 Å². The third-order valence-electron chi connectivity index (χ3n) is 2.39. The van der Waals surface area contributed by atoms with E-state index < -0.39 is 0 Å². The highest BCUT2D eigenvalue weighted by molar-refractivity contribution is 5.73. The number of hydrogen-bond donors (Lipinski definition) is 2. The first-order valence-corrected chi connectivity index (χ1v) is 5.65. The second kappa shape index (κ2) is 6.82. The fraction of sp³-hybridized carbons (Fsp3) is 0.500. The number of carbonyl (C=O) groups is 1. The molecule has 2 N–H and O–H groups in total. The minimum Gasteiger partial charge on any atom is -0.338 e. The Labute approximate surface area is 96.5 Å². The van der Waals surface area contributed by atoms with Crippen molar-refractivity contribution in [2.45, 2.75) is 33.2 Å². The maximum atomic E-state index is 11.4. The highest BCUT2D eigenvalue weighted by Gasteiger charge is 2.01. The van der Waals surface area contributed by atoms with Crippen molar-refractivity contribution in [3.8, 4) is 0 Å². The normalized spacial score (nSPS) is 9.88. The van der Waals surface area contributed by atoms with Crippen LogP contribution in [-0.4, -0.2) is 17.6 Å². The Bertz CT molecular complexity index is 339. The Morgan fingerprint density at radius 3 is 2.94 bits per heavy atom. The van der Waals surface area contributed by atoms with Crippen molar-refractivity contribution in [3.63, 3.8) is 0 Å². The quantitative estimate of drug-likeness (QED) is 0.747. The van der Waals surface area contributed by atoms with E-state index in [0.29, 0.717) is 6.54 Å². The molecule has 88 valence electrons. The van der Waals surface area contributed by atoms with Crippen molar-refractivity contribution in [2.75, 3.05) is 6.54 Å². The van der Waals surface area contributed by atoms with E-state index in [2.05, 4.69) is 22.5 Å². The van der Waals surface area contributed by atoms with Crippen molar-refractivity contribution < 1.29 is 4.79 Å². The first-order valence-electron chi connectivity index (χ1n) is 5.65. The average molecular weight is 221 g/mol. The van der Waals surface area contributed by atoms with Gasteiger partial charge < -0.3 is 10.6 Å². The fourth-order valence-electron chi connectivity index (χ4n) is 1.32. The minimum atomic E-state index is -0.107. The summed E-state index contributed by atoms with van der Waals surface area (Å²) in [7, 11) is 0. The van der Waals surface area contributed by atoms with E-state index in [1.165, 1.54) is 0 Å². The molecule has 1 aromatic heterocycles. The number of aryl methyl sites for hydroxylation is 1. The summed E-state index contributed by atoms with van der Waals surface area (Å²) in [4.78, 5) is 15.4. The van der Waals surface area contributed by atoms with Gasteiger partial charge in [-0.15, -0.1) is 0 Å². The zero-order valence-corrected chi connectivity index (χ0v) is 9.92. The van der Waals surface area contributed by atoms with Crippen molar-refractivity contribution in [1.29, 1.82) is 0 Å². The molecule has 0 saturated heterocycles. The Hall–Kier alpha value is -1.58. The monoisotopic (exact) mass is 221 g/mol. The second-order valence-electron chi connectivity index (χ2n) is 3.77. The van der Waals surface area contributed by atoms with E-state index in [4.69, 9.17) is 0 Å². The van der Waals surface area contributed by atoms with E-state index >= 15 is 0 Å². The zero-order valence-electron chi connectivity index (χ0n) is 9.92. The molecular formula is C12H19N3O. The second-order valence-corrected chi connectivity index (χ2v) is 3.77. The Morgan fingerprint density at radius 1 is 1.44 bits per heavy atom. The number of nitrogens with one attached hydrogen (secondary N) is 2. The van der Waals surface area contributed by atoms with Crippen LogP contribution in [0.2, 0.25) is 0 Å². The molecule has 0 aliphatic rings. The van der Waals surface area contributed by atoms with E-state index in [0.717, 1.165) is 30.5 Å². The number of carbonyl (C=O) groups excluding carboxylic acids is 1. The van der Waals surface area contributed by atoms with Crippen molar-refractivity contribution in [2.24, 2.45) is 0 Å². The van der Waals surface area contributed by atoms with Crippen LogP contribution in [0.25, 0.3) is 0 Å². The number of urea groups is 1. The molecule has 0 saturated carbocycles. The van der Waals surface area contributed by atoms with Crippen LogP contribution in [0, 0.1) is 6.92 Å². The Morgan fingerprint density at radius 2 is 2.25 bits per heavy atom. The van der Waals surface area contributed by atoms with Gasteiger partial charge in [-0.25, -0.2) is 4.79 Å². The first kappa shape index (κ1) is 12.5. The van der Waals surface area contributed by atoms with E-state index in [-0.39, 0.29) is 6.03 Å². The van der Waals surface area contributed by atoms with Gasteiger partial charge in [-0.2, -0.15) is 0 Å². The van der Waals surface area contributed by atoms with Crippen LogP contribution in [0.5, 0.6) is 0 Å². The maximum absolute atomic E-state index is 11.4. The molecule has 0 fully saturated rings. The molecule has 0 atom stereocenters. The standard InChI is InChI=1S/C12H19N3O/c1-3-4-6-14-12(16)15-9-11-5-7-13-8-10(11)2/h5,7-8H,3-4,6,9H2,1-2H3,(H2,14,15,16). The summed E-state index contributed by atoms with van der Waals surface area (Å²) in [6, 6.07) is 1.81. The van der Waals surface area contributed by atoms with Crippen molar-refractivity contribution in [1.82, 2.24) is 15.6 Å². The highest BCUT2D eigenvalue weighted by atomic mass is 16.2. The number of unbranched alkanes of at least 4 members (excludes halogenated alkanes) is 1. The predicted octanol–water partition coefficient (Wildman–Crippen LogP) is 1.99. The van der Waals surface area contributed by atoms with Gasteiger partial charge in [0.2, 0.25) is 0 Å². The van der Waals surface area contributed by atoms with Crippen LogP contribution in [-0.2, 0) is 6.54 Å². The number of pyridine rings is 1. The van der Waals surface area contributed by atoms with Gasteiger partial charge >= 0.3 is 6.03 Å². The zero-order chi connectivity index (χ0) is 11.8. The molecule has 0 spiro atoms. The van der Waals surface area contributed by atoms with Crippen LogP contribution >= 0.6 is 0 Å². The molecule has 4 nitrogen and oxygen atoms in total. The van der Waals surface area contributed by atoms with Gasteiger partial charge in [0, 0.05) is 25.5 Å². The summed E-state index contributed by atoms with van der Waals surface area (Å²) in [6.45, 7) is 5.36. The van der Waals surface area contributed by atoms with Crippen LogP contribution in [0.4, 0.5) is 4.79 Å². The van der Waals surface area contributed by atoms with Gasteiger partial charge in [0.15, 0.2) is 0 Å². The summed E-state index contributed by atoms with van der Waals surface area (Å²) in [5.41, 5.74) is 2.19. The first-order chi connectivity index (χ1) is 7.74. The molecule has 4 heteroatoms. The third-order valence-corrected chi connectivity index (χ3v) is 2.39. The molecule has 0 aromatic carbocycles. The third kappa shape index (κ3) is 4.29. The van der Waals surface area contributed by atoms with Gasteiger partial charge in [0.25, 0.3) is 0 Å². The molecule has 1 rings (SSSR count). The summed E-state index contributed by atoms with van der Waals surface area (Å²) in [5.74, 6) is 0. The van der Waals surface area contributed by atoms with E-state index in [1.54, 1.807) is 12.4 Å². The maximum Gasteiger partial charge on any atom is 0.315 e.